The van der Waals surface area contributed by atoms with Gasteiger partial charge in [0.25, 0.3) is 0 Å². The largest absolute Gasteiger partial charge is 0.480 e. The SMILES string of the molecule is COC(=O)c1ccc(NCc2sc(C)nc2C)nc1OC. The second kappa shape index (κ2) is 6.53. The third-order valence-corrected chi connectivity index (χ3v) is 3.96. The van der Waals surface area contributed by atoms with E-state index in [4.69, 9.17) is 4.74 Å². The number of aromatic nitrogens is 2. The van der Waals surface area contributed by atoms with Crippen LogP contribution in [0.5, 0.6) is 5.88 Å². The van der Waals surface area contributed by atoms with Crippen LogP contribution in [0, 0.1) is 13.8 Å². The molecule has 7 heteroatoms. The number of carbonyl (C=O) groups excluding carboxylic acids is 1. The number of nitrogens with zero attached hydrogens (tertiary/aromatic N) is 2. The molecule has 0 bridgehead atoms. The zero-order chi connectivity index (χ0) is 15.4. The summed E-state index contributed by atoms with van der Waals surface area (Å²) in [6.07, 6.45) is 0. The Morgan fingerprint density at radius 2 is 2.05 bits per heavy atom. The zero-order valence-electron chi connectivity index (χ0n) is 12.4. The highest BCUT2D eigenvalue weighted by molar-refractivity contribution is 7.11. The van der Waals surface area contributed by atoms with Gasteiger partial charge < -0.3 is 14.8 Å². The van der Waals surface area contributed by atoms with Crippen molar-refractivity contribution in [2.24, 2.45) is 0 Å². The van der Waals surface area contributed by atoms with E-state index in [0.29, 0.717) is 17.9 Å². The van der Waals surface area contributed by atoms with E-state index >= 15 is 0 Å². The second-order valence-corrected chi connectivity index (χ2v) is 5.63. The maximum Gasteiger partial charge on any atom is 0.343 e. The fourth-order valence-electron chi connectivity index (χ4n) is 1.87. The lowest BCUT2D eigenvalue weighted by molar-refractivity contribution is 0.0596. The number of nitrogens with one attached hydrogen (secondary N) is 1. The van der Waals surface area contributed by atoms with Gasteiger partial charge in [0.1, 0.15) is 11.4 Å². The number of hydrogen-bond acceptors (Lipinski definition) is 7. The topological polar surface area (TPSA) is 73.3 Å². The minimum Gasteiger partial charge on any atom is -0.480 e. The second-order valence-electron chi connectivity index (χ2n) is 4.34. The molecule has 0 radical (unpaired) electrons. The summed E-state index contributed by atoms with van der Waals surface area (Å²) < 4.78 is 9.81. The summed E-state index contributed by atoms with van der Waals surface area (Å²) in [7, 11) is 2.79. The quantitative estimate of drug-likeness (QED) is 0.856. The van der Waals surface area contributed by atoms with Crippen LogP contribution in [-0.4, -0.2) is 30.2 Å². The first-order valence-corrected chi connectivity index (χ1v) is 7.17. The molecule has 0 spiro atoms. The molecule has 0 aromatic carbocycles. The number of methoxy groups -OCH3 is 2. The lowest BCUT2D eigenvalue weighted by Crippen LogP contribution is -2.08. The maximum atomic E-state index is 11.6. The van der Waals surface area contributed by atoms with Crippen molar-refractivity contribution in [2.45, 2.75) is 20.4 Å². The van der Waals surface area contributed by atoms with Crippen molar-refractivity contribution in [1.29, 1.82) is 0 Å². The van der Waals surface area contributed by atoms with Crippen LogP contribution in [0.15, 0.2) is 12.1 Å². The van der Waals surface area contributed by atoms with Crippen molar-refractivity contribution in [1.82, 2.24) is 9.97 Å². The van der Waals surface area contributed by atoms with Crippen molar-refractivity contribution in [3.05, 3.63) is 33.3 Å². The molecular weight excluding hydrogens is 290 g/mol. The minimum absolute atomic E-state index is 0.240. The maximum absolute atomic E-state index is 11.6. The first-order valence-electron chi connectivity index (χ1n) is 6.35. The Balaban J connectivity index is 2.14. The molecule has 0 aliphatic carbocycles. The standard InChI is InChI=1S/C14H17N3O3S/c1-8-11(21-9(2)16-8)7-15-12-6-5-10(14(18)20-4)13(17-12)19-3/h5-6H,7H2,1-4H3,(H,15,17). The molecule has 0 fully saturated rings. The van der Waals surface area contributed by atoms with Gasteiger partial charge in [-0.05, 0) is 26.0 Å². The average molecular weight is 307 g/mol. The normalized spacial score (nSPS) is 10.3. The molecule has 2 heterocycles. The molecule has 0 aliphatic heterocycles. The molecule has 112 valence electrons. The van der Waals surface area contributed by atoms with Gasteiger partial charge in [0.2, 0.25) is 5.88 Å². The van der Waals surface area contributed by atoms with Gasteiger partial charge in [0.15, 0.2) is 0 Å². The molecular formula is C14H17N3O3S. The highest BCUT2D eigenvalue weighted by atomic mass is 32.1. The number of pyridine rings is 1. The van der Waals surface area contributed by atoms with Crippen LogP contribution in [0.4, 0.5) is 5.82 Å². The minimum atomic E-state index is -0.472. The Bertz CT molecular complexity index is 655. The fourth-order valence-corrected chi connectivity index (χ4v) is 2.74. The van der Waals surface area contributed by atoms with E-state index in [2.05, 4.69) is 20.0 Å². The molecule has 1 N–H and O–H groups in total. The lowest BCUT2D eigenvalue weighted by atomic mass is 10.2. The predicted molar refractivity (Wildman–Crippen MR) is 81.0 cm³/mol. The highest BCUT2D eigenvalue weighted by Crippen LogP contribution is 2.21. The van der Waals surface area contributed by atoms with E-state index in [1.165, 1.54) is 14.2 Å². The van der Waals surface area contributed by atoms with E-state index in [9.17, 15) is 4.79 Å². The first-order chi connectivity index (χ1) is 10.0. The number of carbonyl (C=O) groups is 1. The Morgan fingerprint density at radius 1 is 1.29 bits per heavy atom. The Morgan fingerprint density at radius 3 is 2.62 bits per heavy atom. The van der Waals surface area contributed by atoms with Crippen LogP contribution in [0.1, 0.15) is 25.9 Å². The fraction of sp³-hybridized carbons (Fsp3) is 0.357. The lowest BCUT2D eigenvalue weighted by Gasteiger charge is -2.09. The van der Waals surface area contributed by atoms with E-state index in [0.717, 1.165) is 15.6 Å². The monoisotopic (exact) mass is 307 g/mol. The molecule has 21 heavy (non-hydrogen) atoms. The van der Waals surface area contributed by atoms with Crippen molar-refractivity contribution >= 4 is 23.1 Å². The highest BCUT2D eigenvalue weighted by Gasteiger charge is 2.15. The van der Waals surface area contributed by atoms with Gasteiger partial charge >= 0.3 is 5.97 Å². The molecule has 0 aliphatic rings. The number of hydrogen-bond donors (Lipinski definition) is 1. The zero-order valence-corrected chi connectivity index (χ0v) is 13.2. The summed E-state index contributed by atoms with van der Waals surface area (Å²) in [6.45, 7) is 4.59. The third-order valence-electron chi connectivity index (χ3n) is 2.89. The van der Waals surface area contributed by atoms with Crippen molar-refractivity contribution in [2.75, 3.05) is 19.5 Å². The first kappa shape index (κ1) is 15.2. The van der Waals surface area contributed by atoms with Gasteiger partial charge in [0.05, 0.1) is 31.5 Å². The average Bonchev–Trinajstić information content (AvgIpc) is 2.81. The summed E-state index contributed by atoms with van der Waals surface area (Å²) in [5, 5.41) is 4.24. The molecule has 2 aromatic heterocycles. The van der Waals surface area contributed by atoms with Crippen LogP contribution in [-0.2, 0) is 11.3 Å². The number of ether oxygens (including phenoxy) is 2. The van der Waals surface area contributed by atoms with Gasteiger partial charge in [-0.25, -0.2) is 9.78 Å². The summed E-state index contributed by atoms with van der Waals surface area (Å²) in [5.74, 6) is 0.397. The van der Waals surface area contributed by atoms with E-state index in [1.807, 2.05) is 13.8 Å². The van der Waals surface area contributed by atoms with Crippen molar-refractivity contribution in [3.63, 3.8) is 0 Å². The molecule has 2 aromatic rings. The molecule has 0 saturated heterocycles. The van der Waals surface area contributed by atoms with Gasteiger partial charge in [0, 0.05) is 4.88 Å². The smallest absolute Gasteiger partial charge is 0.343 e. The Kier molecular flexibility index (Phi) is 4.74. The number of thiazole rings is 1. The van der Waals surface area contributed by atoms with Crippen LogP contribution in [0.3, 0.4) is 0 Å². The van der Waals surface area contributed by atoms with Crippen LogP contribution < -0.4 is 10.1 Å². The molecule has 2 rings (SSSR count). The number of rotatable bonds is 5. The summed E-state index contributed by atoms with van der Waals surface area (Å²) in [6, 6.07) is 3.35. The van der Waals surface area contributed by atoms with E-state index in [1.54, 1.807) is 23.5 Å². The number of aryl methyl sites for hydroxylation is 2. The van der Waals surface area contributed by atoms with E-state index in [-0.39, 0.29) is 5.88 Å². The molecule has 0 unspecified atom stereocenters. The molecule has 6 nitrogen and oxygen atoms in total. The third kappa shape index (κ3) is 3.49. The molecule has 0 saturated carbocycles. The Hall–Kier alpha value is -2.15. The molecule has 0 amide bonds. The predicted octanol–water partition coefficient (Wildman–Crippen LogP) is 2.56. The number of anilines is 1. The van der Waals surface area contributed by atoms with Gasteiger partial charge in [-0.15, -0.1) is 11.3 Å². The number of esters is 1. The van der Waals surface area contributed by atoms with Crippen LogP contribution in [0.25, 0.3) is 0 Å². The summed E-state index contributed by atoms with van der Waals surface area (Å²) >= 11 is 1.65. The van der Waals surface area contributed by atoms with Crippen LogP contribution in [0.2, 0.25) is 0 Å². The van der Waals surface area contributed by atoms with Gasteiger partial charge in [-0.1, -0.05) is 0 Å². The van der Waals surface area contributed by atoms with E-state index < -0.39 is 5.97 Å². The van der Waals surface area contributed by atoms with Crippen molar-refractivity contribution in [3.8, 4) is 5.88 Å². The summed E-state index contributed by atoms with van der Waals surface area (Å²) in [4.78, 5) is 21.4. The van der Waals surface area contributed by atoms with Crippen molar-refractivity contribution < 1.29 is 14.3 Å². The Labute approximate surface area is 127 Å². The molecule has 0 atom stereocenters. The van der Waals surface area contributed by atoms with Crippen LogP contribution >= 0.6 is 11.3 Å². The van der Waals surface area contributed by atoms with Gasteiger partial charge in [-0.3, -0.25) is 0 Å². The summed E-state index contributed by atoms with van der Waals surface area (Å²) in [5.41, 5.74) is 1.32. The van der Waals surface area contributed by atoms with Gasteiger partial charge in [-0.2, -0.15) is 4.98 Å².